The van der Waals surface area contributed by atoms with E-state index >= 15 is 0 Å². The van der Waals surface area contributed by atoms with Gasteiger partial charge in [0.05, 0.1) is 11.4 Å². The summed E-state index contributed by atoms with van der Waals surface area (Å²) < 4.78 is 1.00. The summed E-state index contributed by atoms with van der Waals surface area (Å²) in [5, 5.41) is 3.03. The molecule has 1 aromatic rings. The second-order valence-corrected chi connectivity index (χ2v) is 6.07. The maximum Gasteiger partial charge on any atom is 0.247 e. The van der Waals surface area contributed by atoms with Gasteiger partial charge in [0, 0.05) is 11.0 Å². The van der Waals surface area contributed by atoms with Crippen LogP contribution in [0.25, 0.3) is 0 Å². The Balaban J connectivity index is 1.95. The number of rotatable bonds is 1. The molecule has 0 spiro atoms. The normalized spacial score (nSPS) is 26.3. The molecule has 3 nitrogen and oxygen atoms in total. The van der Waals surface area contributed by atoms with Crippen molar-refractivity contribution < 1.29 is 4.79 Å². The Morgan fingerprint density at radius 1 is 1.50 bits per heavy atom. The molecule has 1 amide bonds. The van der Waals surface area contributed by atoms with Gasteiger partial charge in [0.2, 0.25) is 5.91 Å². The molecule has 2 heterocycles. The third-order valence-electron chi connectivity index (χ3n) is 4.12. The number of hydrogen-bond acceptors (Lipinski definition) is 2. The number of halogens is 1. The molecule has 3 rings (SSSR count). The number of piperidine rings is 1. The number of nitrogens with one attached hydrogen (secondary N) is 1. The Hall–Kier alpha value is -1.03. The number of carbonyl (C=O) groups is 1. The molecule has 96 valence electrons. The van der Waals surface area contributed by atoms with Gasteiger partial charge in [-0.05, 0) is 37.0 Å². The maximum atomic E-state index is 12.2. The molecular weight excluding hydrogens is 292 g/mol. The number of nitrogens with zero attached hydrogens (tertiary/aromatic N) is 1. The first-order valence-corrected chi connectivity index (χ1v) is 7.35. The second-order valence-electron chi connectivity index (χ2n) is 5.16. The predicted molar refractivity (Wildman–Crippen MR) is 76.9 cm³/mol. The van der Waals surface area contributed by atoms with Crippen molar-refractivity contribution >= 4 is 33.2 Å². The molecule has 0 aliphatic carbocycles. The number of hydrogen-bond donors (Lipinski definition) is 1. The first-order chi connectivity index (χ1) is 8.69. The lowest BCUT2D eigenvalue weighted by atomic mass is 9.87. The van der Waals surface area contributed by atoms with Crippen LogP contribution in [-0.4, -0.2) is 18.5 Å². The van der Waals surface area contributed by atoms with Gasteiger partial charge in [-0.15, -0.1) is 0 Å². The highest BCUT2D eigenvalue weighted by atomic mass is 79.9. The molecule has 4 heteroatoms. The zero-order chi connectivity index (χ0) is 12.7. The Bertz CT molecular complexity index is 489. The van der Waals surface area contributed by atoms with Crippen molar-refractivity contribution in [2.45, 2.75) is 32.2 Å². The Labute approximate surface area is 116 Å². The lowest BCUT2D eigenvalue weighted by Crippen LogP contribution is -2.52. The van der Waals surface area contributed by atoms with Crippen molar-refractivity contribution in [3.05, 3.63) is 22.7 Å². The second kappa shape index (κ2) is 4.57. The molecular formula is C14H17BrN2O. The van der Waals surface area contributed by atoms with Crippen LogP contribution >= 0.6 is 15.9 Å². The summed E-state index contributed by atoms with van der Waals surface area (Å²) in [6.45, 7) is 3.21. The minimum atomic E-state index is 0.0253. The van der Waals surface area contributed by atoms with Crippen LogP contribution in [0.2, 0.25) is 0 Å². The molecule has 2 aliphatic rings. The first kappa shape index (κ1) is 12.0. The van der Waals surface area contributed by atoms with E-state index in [1.54, 1.807) is 0 Å². The van der Waals surface area contributed by atoms with E-state index in [1.807, 2.05) is 12.1 Å². The number of amides is 1. The van der Waals surface area contributed by atoms with Crippen LogP contribution in [-0.2, 0) is 4.79 Å². The topological polar surface area (TPSA) is 32.3 Å². The Morgan fingerprint density at radius 3 is 3.11 bits per heavy atom. The van der Waals surface area contributed by atoms with Gasteiger partial charge in [0.15, 0.2) is 0 Å². The van der Waals surface area contributed by atoms with Gasteiger partial charge < -0.3 is 10.2 Å². The van der Waals surface area contributed by atoms with Crippen LogP contribution in [0.5, 0.6) is 0 Å². The summed E-state index contributed by atoms with van der Waals surface area (Å²) in [6.07, 6.45) is 3.35. The van der Waals surface area contributed by atoms with E-state index in [-0.39, 0.29) is 11.9 Å². The highest BCUT2D eigenvalue weighted by molar-refractivity contribution is 9.10. The summed E-state index contributed by atoms with van der Waals surface area (Å²) in [7, 11) is 0. The van der Waals surface area contributed by atoms with Crippen LogP contribution < -0.4 is 10.2 Å². The van der Waals surface area contributed by atoms with Crippen molar-refractivity contribution in [3.63, 3.8) is 0 Å². The Morgan fingerprint density at radius 2 is 2.33 bits per heavy atom. The van der Waals surface area contributed by atoms with Crippen LogP contribution in [0.15, 0.2) is 22.7 Å². The third-order valence-corrected chi connectivity index (χ3v) is 4.61. The van der Waals surface area contributed by atoms with Gasteiger partial charge in [-0.2, -0.15) is 0 Å². The van der Waals surface area contributed by atoms with Crippen molar-refractivity contribution in [2.75, 3.05) is 16.8 Å². The van der Waals surface area contributed by atoms with Crippen molar-refractivity contribution in [3.8, 4) is 0 Å². The van der Waals surface area contributed by atoms with Crippen LogP contribution in [0.4, 0.5) is 11.4 Å². The van der Waals surface area contributed by atoms with E-state index < -0.39 is 0 Å². The molecule has 1 fully saturated rings. The average Bonchev–Trinajstić information content (AvgIpc) is 2.38. The van der Waals surface area contributed by atoms with Crippen LogP contribution in [0.1, 0.15) is 26.2 Å². The van der Waals surface area contributed by atoms with Crippen molar-refractivity contribution in [1.82, 2.24) is 0 Å². The van der Waals surface area contributed by atoms with E-state index in [9.17, 15) is 4.79 Å². The molecule has 0 saturated carbocycles. The summed E-state index contributed by atoms with van der Waals surface area (Å²) in [5.74, 6) is 0.841. The number of carbonyl (C=O) groups excluding carboxylic acids is 1. The van der Waals surface area contributed by atoms with Gasteiger partial charge in [0.25, 0.3) is 0 Å². The highest BCUT2D eigenvalue weighted by Gasteiger charge is 2.37. The quantitative estimate of drug-likeness (QED) is 0.862. The highest BCUT2D eigenvalue weighted by Crippen LogP contribution is 2.39. The fraction of sp³-hybridized carbons (Fsp3) is 0.500. The third kappa shape index (κ3) is 1.92. The van der Waals surface area contributed by atoms with Gasteiger partial charge in [-0.1, -0.05) is 29.3 Å². The molecule has 1 aromatic carbocycles. The zero-order valence-electron chi connectivity index (χ0n) is 10.4. The molecule has 0 aromatic heterocycles. The monoisotopic (exact) mass is 308 g/mol. The summed E-state index contributed by atoms with van der Waals surface area (Å²) in [5.41, 5.74) is 2.10. The minimum Gasteiger partial charge on any atom is -0.358 e. The molecule has 2 unspecified atom stereocenters. The fourth-order valence-corrected chi connectivity index (χ4v) is 3.38. The van der Waals surface area contributed by atoms with Crippen molar-refractivity contribution in [2.24, 2.45) is 5.92 Å². The predicted octanol–water partition coefficient (Wildman–Crippen LogP) is 3.40. The van der Waals surface area contributed by atoms with E-state index in [1.165, 1.54) is 12.8 Å². The maximum absolute atomic E-state index is 12.2. The number of benzene rings is 1. The van der Waals surface area contributed by atoms with E-state index in [4.69, 9.17) is 0 Å². The number of anilines is 2. The summed E-state index contributed by atoms with van der Waals surface area (Å²) >= 11 is 3.45. The lowest BCUT2D eigenvalue weighted by Gasteiger charge is -2.43. The van der Waals surface area contributed by atoms with E-state index in [2.05, 4.69) is 39.1 Å². The largest absolute Gasteiger partial charge is 0.358 e. The number of fused-ring (bicyclic) bond motifs is 3. The summed E-state index contributed by atoms with van der Waals surface area (Å²) in [4.78, 5) is 14.5. The lowest BCUT2D eigenvalue weighted by molar-refractivity contribution is -0.118. The van der Waals surface area contributed by atoms with Crippen molar-refractivity contribution in [1.29, 1.82) is 0 Å². The van der Waals surface area contributed by atoms with Gasteiger partial charge >= 0.3 is 0 Å². The average molecular weight is 309 g/mol. The SMILES string of the molecule is CCC1CCN2c3ccc(Br)cc3NC(=O)C2C1. The first-order valence-electron chi connectivity index (χ1n) is 6.56. The molecule has 0 radical (unpaired) electrons. The van der Waals surface area contributed by atoms with Gasteiger partial charge in [-0.3, -0.25) is 4.79 Å². The van der Waals surface area contributed by atoms with Crippen LogP contribution in [0.3, 0.4) is 0 Å². The smallest absolute Gasteiger partial charge is 0.247 e. The molecule has 1 saturated heterocycles. The van der Waals surface area contributed by atoms with Crippen LogP contribution in [0, 0.1) is 5.92 Å². The van der Waals surface area contributed by atoms with Gasteiger partial charge in [-0.25, -0.2) is 0 Å². The minimum absolute atomic E-state index is 0.0253. The molecule has 1 N–H and O–H groups in total. The van der Waals surface area contributed by atoms with Gasteiger partial charge in [0.1, 0.15) is 6.04 Å². The Kier molecular flexibility index (Phi) is 3.06. The van der Waals surface area contributed by atoms with E-state index in [0.29, 0.717) is 5.92 Å². The fourth-order valence-electron chi connectivity index (χ4n) is 3.02. The molecule has 18 heavy (non-hydrogen) atoms. The van der Waals surface area contributed by atoms with E-state index in [0.717, 1.165) is 28.8 Å². The molecule has 2 atom stereocenters. The molecule has 2 aliphatic heterocycles. The molecule has 0 bridgehead atoms. The zero-order valence-corrected chi connectivity index (χ0v) is 12.0. The summed E-state index contributed by atoms with van der Waals surface area (Å²) in [6, 6.07) is 6.14. The standard InChI is InChI=1S/C14H17BrN2O/c1-2-9-5-6-17-12-4-3-10(15)8-11(12)16-14(18)13(17)7-9/h3-4,8-9,13H,2,5-7H2,1H3,(H,16,18).